The van der Waals surface area contributed by atoms with Crippen LogP contribution in [0.2, 0.25) is 0 Å². The van der Waals surface area contributed by atoms with E-state index in [0.717, 1.165) is 25.0 Å². The van der Waals surface area contributed by atoms with Crippen LogP contribution < -0.4 is 4.74 Å². The van der Waals surface area contributed by atoms with E-state index in [1.165, 1.54) is 6.42 Å². The predicted molar refractivity (Wildman–Crippen MR) is 81.5 cm³/mol. The average Bonchev–Trinajstić information content (AvgIpc) is 2.90. The molecule has 0 saturated heterocycles. The Labute approximate surface area is 127 Å². The van der Waals surface area contributed by atoms with Gasteiger partial charge in [-0.2, -0.15) is 5.10 Å². The molecular weight excluding hydrogens is 268 g/mol. The molecule has 0 aromatic carbocycles. The fourth-order valence-corrected chi connectivity index (χ4v) is 3.52. The summed E-state index contributed by atoms with van der Waals surface area (Å²) >= 11 is 0. The zero-order valence-electron chi connectivity index (χ0n) is 13.8. The van der Waals surface area contributed by atoms with E-state index in [9.17, 15) is 5.11 Å². The lowest BCUT2D eigenvalue weighted by Gasteiger charge is -2.42. The average molecular weight is 296 g/mol. The van der Waals surface area contributed by atoms with Crippen LogP contribution in [0, 0.1) is 5.92 Å². The minimum Gasteiger partial charge on any atom is -0.493 e. The minimum absolute atomic E-state index is 0.161. The lowest BCUT2D eigenvalue weighted by molar-refractivity contribution is -0.137. The molecule has 5 nitrogen and oxygen atoms in total. The molecule has 1 aromatic heterocycles. The summed E-state index contributed by atoms with van der Waals surface area (Å²) in [6, 6.07) is 0.161. The largest absolute Gasteiger partial charge is 0.493 e. The molecule has 1 N–H and O–H groups in total. The molecule has 5 heteroatoms. The fourth-order valence-electron chi connectivity index (χ4n) is 3.52. The second-order valence-corrected chi connectivity index (χ2v) is 6.51. The van der Waals surface area contributed by atoms with Crippen LogP contribution in [-0.4, -0.2) is 34.7 Å². The van der Waals surface area contributed by atoms with Crippen molar-refractivity contribution in [2.45, 2.75) is 64.2 Å². The van der Waals surface area contributed by atoms with Gasteiger partial charge in [0.2, 0.25) is 0 Å². The molecule has 1 fully saturated rings. The maximum absolute atomic E-state index is 11.1. The van der Waals surface area contributed by atoms with Gasteiger partial charge in [0.05, 0.1) is 18.9 Å². The summed E-state index contributed by atoms with van der Waals surface area (Å²) in [5, 5.41) is 15.4. The molecule has 1 aliphatic rings. The summed E-state index contributed by atoms with van der Waals surface area (Å²) in [6.07, 6.45) is 4.93. The molecule has 0 amide bonds. The quantitative estimate of drug-likeness (QED) is 0.907. The lowest BCUT2D eigenvalue weighted by atomic mass is 9.74. The van der Waals surface area contributed by atoms with E-state index in [-0.39, 0.29) is 6.04 Å². The third-order valence-electron chi connectivity index (χ3n) is 4.66. The number of hydrogen-bond acceptors (Lipinski definition) is 4. The molecule has 0 bridgehead atoms. The van der Waals surface area contributed by atoms with Crippen LogP contribution in [0.25, 0.3) is 0 Å². The predicted octanol–water partition coefficient (Wildman–Crippen LogP) is 3.10. The highest BCUT2D eigenvalue weighted by atomic mass is 16.5. The van der Waals surface area contributed by atoms with Crippen molar-refractivity contribution in [1.82, 2.24) is 9.78 Å². The molecule has 3 unspecified atom stereocenters. The Balaban J connectivity index is 2.41. The first kappa shape index (κ1) is 16.3. The van der Waals surface area contributed by atoms with Crippen molar-refractivity contribution in [2.24, 2.45) is 5.92 Å². The van der Waals surface area contributed by atoms with E-state index in [0.29, 0.717) is 11.7 Å². The molecule has 21 heavy (non-hydrogen) atoms. The molecule has 0 spiro atoms. The summed E-state index contributed by atoms with van der Waals surface area (Å²) in [7, 11) is 3.31. The Bertz CT molecular complexity index is 472. The van der Waals surface area contributed by atoms with Crippen molar-refractivity contribution in [3.05, 3.63) is 11.9 Å². The summed E-state index contributed by atoms with van der Waals surface area (Å²) < 4.78 is 13.1. The smallest absolute Gasteiger partial charge is 0.162 e. The number of aliphatic hydroxyl groups is 1. The first-order valence-corrected chi connectivity index (χ1v) is 7.79. The van der Waals surface area contributed by atoms with Gasteiger partial charge in [0, 0.05) is 13.2 Å². The third kappa shape index (κ3) is 2.94. The molecule has 0 aliphatic heterocycles. The zero-order valence-corrected chi connectivity index (χ0v) is 13.8. The van der Waals surface area contributed by atoms with Crippen molar-refractivity contribution >= 4 is 0 Å². The van der Waals surface area contributed by atoms with Gasteiger partial charge >= 0.3 is 0 Å². The first-order valence-electron chi connectivity index (χ1n) is 7.79. The molecular formula is C16H28N2O3. The minimum atomic E-state index is -0.731. The number of rotatable bonds is 5. The second-order valence-electron chi connectivity index (χ2n) is 6.51. The summed E-state index contributed by atoms with van der Waals surface area (Å²) in [5.74, 6) is 1.18. The summed E-state index contributed by atoms with van der Waals surface area (Å²) in [6.45, 7) is 6.31. The fraction of sp³-hybridized carbons (Fsp3) is 0.812. The molecule has 1 aliphatic carbocycles. The van der Waals surface area contributed by atoms with Gasteiger partial charge in [-0.3, -0.25) is 4.68 Å². The maximum Gasteiger partial charge on any atom is 0.162 e. The first-order chi connectivity index (χ1) is 9.95. The number of ether oxygens (including phenoxy) is 2. The Morgan fingerprint density at radius 1 is 1.43 bits per heavy atom. The highest BCUT2D eigenvalue weighted by molar-refractivity contribution is 5.30. The van der Waals surface area contributed by atoms with Gasteiger partial charge in [-0.05, 0) is 32.6 Å². The van der Waals surface area contributed by atoms with Crippen molar-refractivity contribution in [3.8, 4) is 5.75 Å². The van der Waals surface area contributed by atoms with E-state index in [1.54, 1.807) is 20.4 Å². The van der Waals surface area contributed by atoms with Gasteiger partial charge in [0.25, 0.3) is 0 Å². The van der Waals surface area contributed by atoms with Crippen LogP contribution >= 0.6 is 0 Å². The highest BCUT2D eigenvalue weighted by Crippen LogP contribution is 2.45. The van der Waals surface area contributed by atoms with Crippen LogP contribution in [0.3, 0.4) is 0 Å². The van der Waals surface area contributed by atoms with E-state index < -0.39 is 11.7 Å². The Morgan fingerprint density at radius 3 is 2.67 bits per heavy atom. The number of nitrogens with zero attached hydrogens (tertiary/aromatic N) is 2. The van der Waals surface area contributed by atoms with Crippen LogP contribution in [0.1, 0.15) is 64.3 Å². The Kier molecular flexibility index (Phi) is 4.94. The number of aliphatic hydroxyl groups excluding tert-OH is 1. The van der Waals surface area contributed by atoms with Crippen LogP contribution in [0.4, 0.5) is 0 Å². The van der Waals surface area contributed by atoms with E-state index in [1.807, 2.05) is 18.5 Å². The van der Waals surface area contributed by atoms with Crippen molar-refractivity contribution in [3.63, 3.8) is 0 Å². The monoisotopic (exact) mass is 296 g/mol. The zero-order chi connectivity index (χ0) is 15.6. The number of aromatic nitrogens is 2. The lowest BCUT2D eigenvalue weighted by Crippen LogP contribution is -2.43. The third-order valence-corrected chi connectivity index (χ3v) is 4.66. The Hall–Kier alpha value is -1.07. The highest BCUT2D eigenvalue weighted by Gasteiger charge is 2.45. The SMILES string of the molecule is COc1cnn(C(C)C)c1C(O)C1(OC)CCCC(C)C1. The number of methoxy groups -OCH3 is 2. The van der Waals surface area contributed by atoms with Crippen LogP contribution in [0.5, 0.6) is 5.75 Å². The molecule has 1 saturated carbocycles. The van der Waals surface area contributed by atoms with Gasteiger partial charge in [-0.1, -0.05) is 19.8 Å². The molecule has 1 heterocycles. The molecule has 2 rings (SSSR count). The van der Waals surface area contributed by atoms with Gasteiger partial charge in [0.15, 0.2) is 5.75 Å². The summed E-state index contributed by atoms with van der Waals surface area (Å²) in [4.78, 5) is 0. The van der Waals surface area contributed by atoms with Crippen LogP contribution in [-0.2, 0) is 4.74 Å². The molecule has 0 radical (unpaired) electrons. The van der Waals surface area contributed by atoms with Crippen LogP contribution in [0.15, 0.2) is 6.20 Å². The van der Waals surface area contributed by atoms with Gasteiger partial charge < -0.3 is 14.6 Å². The van der Waals surface area contributed by atoms with Crippen molar-refractivity contribution in [2.75, 3.05) is 14.2 Å². The molecule has 120 valence electrons. The number of hydrogen-bond donors (Lipinski definition) is 1. The summed E-state index contributed by atoms with van der Waals surface area (Å²) in [5.41, 5.74) is 0.181. The van der Waals surface area contributed by atoms with E-state index >= 15 is 0 Å². The van der Waals surface area contributed by atoms with Gasteiger partial charge in [0.1, 0.15) is 11.8 Å². The van der Waals surface area contributed by atoms with E-state index in [2.05, 4.69) is 12.0 Å². The van der Waals surface area contributed by atoms with E-state index in [4.69, 9.17) is 9.47 Å². The maximum atomic E-state index is 11.1. The standard InChI is InChI=1S/C16H28N2O3/c1-11(2)18-14(13(20-4)10-17-18)15(19)16(21-5)8-6-7-12(3)9-16/h10-12,15,19H,6-9H2,1-5H3. The van der Waals surface area contributed by atoms with Gasteiger partial charge in [-0.25, -0.2) is 0 Å². The molecule has 3 atom stereocenters. The van der Waals surface area contributed by atoms with Crippen molar-refractivity contribution in [1.29, 1.82) is 0 Å². The molecule has 1 aromatic rings. The Morgan fingerprint density at radius 2 is 2.14 bits per heavy atom. The topological polar surface area (TPSA) is 56.5 Å². The normalized spacial score (nSPS) is 27.9. The van der Waals surface area contributed by atoms with Gasteiger partial charge in [-0.15, -0.1) is 0 Å². The second kappa shape index (κ2) is 6.36. The van der Waals surface area contributed by atoms with Crippen molar-refractivity contribution < 1.29 is 14.6 Å².